The van der Waals surface area contributed by atoms with Crippen LogP contribution in [0, 0.1) is 0 Å². The van der Waals surface area contributed by atoms with E-state index in [4.69, 9.17) is 5.73 Å². The molecule has 0 aromatic carbocycles. The fourth-order valence-electron chi connectivity index (χ4n) is 0.361. The van der Waals surface area contributed by atoms with E-state index in [1.54, 1.807) is 0 Å². The quantitative estimate of drug-likeness (QED) is 0.526. The fourth-order valence-corrected chi connectivity index (χ4v) is 0.361. The minimum atomic E-state index is -0.815. The number of ether oxygens (including phenoxy) is 1. The number of carbonyl (C=O) groups excluding carboxylic acids is 2. The third-order valence-electron chi connectivity index (χ3n) is 0.722. The van der Waals surface area contributed by atoms with Gasteiger partial charge in [-0.05, 0) is 0 Å². The first kappa shape index (κ1) is 8.90. The Kier molecular flexibility index (Phi) is 4.23. The summed E-state index contributed by atoms with van der Waals surface area (Å²) < 4.78 is 4.45. The summed E-state index contributed by atoms with van der Waals surface area (Å²) in [5.41, 5.74) is 6.41. The predicted molar refractivity (Wildman–Crippen MR) is 33.0 cm³/mol. The van der Waals surface area contributed by atoms with Gasteiger partial charge < -0.3 is 10.1 Å². The summed E-state index contributed by atoms with van der Waals surface area (Å²) in [4.78, 5) is 20.4. The zero-order valence-electron chi connectivity index (χ0n) is 5.64. The number of hydrogen-bond acceptors (Lipinski definition) is 3. The van der Waals surface area contributed by atoms with Crippen LogP contribution in [0.1, 0.15) is 0 Å². The lowest BCUT2D eigenvalue weighted by molar-refractivity contribution is -0.127. The Hall–Kier alpha value is -1.10. The molecule has 2 N–H and O–H groups in total. The van der Waals surface area contributed by atoms with Crippen molar-refractivity contribution in [1.82, 2.24) is 11.1 Å². The van der Waals surface area contributed by atoms with Gasteiger partial charge in [0.25, 0.3) is 5.91 Å². The Balaban J connectivity index is 3.30. The number of carbonyl (C=O) groups is 2. The van der Waals surface area contributed by atoms with E-state index in [2.05, 4.69) is 10.1 Å². The lowest BCUT2D eigenvalue weighted by atomic mass is 10.5. The molecule has 0 heterocycles. The highest BCUT2D eigenvalue weighted by atomic mass is 16.5. The molecular formula is C5H9N2O3. The van der Waals surface area contributed by atoms with Crippen molar-refractivity contribution in [3.05, 3.63) is 0 Å². The fraction of sp³-hybridized carbons (Fsp3) is 0.600. The molecule has 0 fully saturated rings. The van der Waals surface area contributed by atoms with Crippen LogP contribution in [0.2, 0.25) is 0 Å². The van der Waals surface area contributed by atoms with E-state index in [1.165, 1.54) is 7.11 Å². The van der Waals surface area contributed by atoms with Crippen molar-refractivity contribution in [2.24, 2.45) is 0 Å². The molecule has 2 amide bonds. The molecule has 0 spiro atoms. The standard InChI is InChI=1S/C5H9N2O3/c1-10-3-5(9)7-2-4(6)8/h6H,2-3H2,1H3,(H,7,9). The van der Waals surface area contributed by atoms with Gasteiger partial charge in [-0.3, -0.25) is 15.3 Å². The molecule has 0 atom stereocenters. The van der Waals surface area contributed by atoms with Crippen molar-refractivity contribution in [2.45, 2.75) is 0 Å². The third kappa shape index (κ3) is 5.04. The Bertz CT molecular complexity index is 135. The molecule has 0 bridgehead atoms. The maximum atomic E-state index is 10.5. The Morgan fingerprint density at radius 3 is 2.60 bits per heavy atom. The van der Waals surface area contributed by atoms with Gasteiger partial charge in [0.1, 0.15) is 6.61 Å². The Morgan fingerprint density at radius 2 is 2.20 bits per heavy atom. The van der Waals surface area contributed by atoms with Crippen LogP contribution in [-0.2, 0) is 14.3 Å². The highest BCUT2D eigenvalue weighted by Gasteiger charge is 2.00. The van der Waals surface area contributed by atoms with Crippen LogP contribution in [0.25, 0.3) is 0 Å². The summed E-state index contributed by atoms with van der Waals surface area (Å²) in [6.07, 6.45) is 0. The lowest BCUT2D eigenvalue weighted by Crippen LogP contribution is -2.32. The molecule has 0 saturated carbocycles. The summed E-state index contributed by atoms with van der Waals surface area (Å²) in [6, 6.07) is 0. The Labute approximate surface area is 58.5 Å². The van der Waals surface area contributed by atoms with Crippen LogP contribution in [-0.4, -0.2) is 32.1 Å². The van der Waals surface area contributed by atoms with Crippen LogP contribution in [0.3, 0.4) is 0 Å². The molecule has 5 nitrogen and oxygen atoms in total. The molecule has 1 radical (unpaired) electrons. The van der Waals surface area contributed by atoms with Crippen molar-refractivity contribution in [3.8, 4) is 0 Å². The number of nitrogens with one attached hydrogen (secondary N) is 2. The van der Waals surface area contributed by atoms with Gasteiger partial charge in [-0.25, -0.2) is 0 Å². The van der Waals surface area contributed by atoms with Gasteiger partial charge in [-0.1, -0.05) is 0 Å². The van der Waals surface area contributed by atoms with E-state index in [1.807, 2.05) is 0 Å². The van der Waals surface area contributed by atoms with Gasteiger partial charge in [0, 0.05) is 7.11 Å². The van der Waals surface area contributed by atoms with Crippen LogP contribution >= 0.6 is 0 Å². The van der Waals surface area contributed by atoms with Crippen molar-refractivity contribution in [2.75, 3.05) is 20.3 Å². The minimum Gasteiger partial charge on any atom is -0.375 e. The average Bonchev–Trinajstić information content (AvgIpc) is 1.85. The maximum Gasteiger partial charge on any atom is 0.257 e. The second-order valence-corrected chi connectivity index (χ2v) is 1.63. The molecule has 0 unspecified atom stereocenters. The van der Waals surface area contributed by atoms with Crippen LogP contribution in [0.4, 0.5) is 0 Å². The van der Waals surface area contributed by atoms with Crippen LogP contribution in [0.15, 0.2) is 0 Å². The largest absolute Gasteiger partial charge is 0.375 e. The van der Waals surface area contributed by atoms with E-state index < -0.39 is 5.91 Å². The van der Waals surface area contributed by atoms with Crippen LogP contribution in [0.5, 0.6) is 0 Å². The molecule has 0 rings (SSSR count). The summed E-state index contributed by atoms with van der Waals surface area (Å²) in [7, 11) is 1.38. The first-order valence-corrected chi connectivity index (χ1v) is 2.67. The summed E-state index contributed by atoms with van der Waals surface area (Å²) >= 11 is 0. The monoisotopic (exact) mass is 145 g/mol. The number of rotatable bonds is 4. The zero-order valence-corrected chi connectivity index (χ0v) is 5.64. The molecule has 5 heteroatoms. The normalized spacial score (nSPS) is 8.90. The second-order valence-electron chi connectivity index (χ2n) is 1.63. The Morgan fingerprint density at radius 1 is 1.60 bits per heavy atom. The van der Waals surface area contributed by atoms with Gasteiger partial charge in [-0.2, -0.15) is 0 Å². The van der Waals surface area contributed by atoms with Crippen molar-refractivity contribution in [1.29, 1.82) is 0 Å². The first-order valence-electron chi connectivity index (χ1n) is 2.67. The number of hydrogen-bond donors (Lipinski definition) is 1. The molecule has 10 heavy (non-hydrogen) atoms. The summed E-state index contributed by atoms with van der Waals surface area (Å²) in [6.45, 7) is -0.324. The van der Waals surface area contributed by atoms with Crippen molar-refractivity contribution >= 4 is 11.8 Å². The van der Waals surface area contributed by atoms with E-state index in [-0.39, 0.29) is 19.1 Å². The predicted octanol–water partition coefficient (Wildman–Crippen LogP) is -1.44. The zero-order chi connectivity index (χ0) is 7.98. The van der Waals surface area contributed by atoms with Crippen molar-refractivity contribution in [3.63, 3.8) is 0 Å². The minimum absolute atomic E-state index is 0.0761. The van der Waals surface area contributed by atoms with Gasteiger partial charge in [0.15, 0.2) is 0 Å². The third-order valence-corrected chi connectivity index (χ3v) is 0.722. The molecule has 57 valence electrons. The van der Waals surface area contributed by atoms with E-state index in [0.29, 0.717) is 0 Å². The first-order chi connectivity index (χ1) is 4.66. The van der Waals surface area contributed by atoms with Gasteiger partial charge in [-0.15, -0.1) is 0 Å². The average molecular weight is 145 g/mol. The molecular weight excluding hydrogens is 136 g/mol. The molecule has 0 aromatic rings. The second kappa shape index (κ2) is 4.75. The van der Waals surface area contributed by atoms with E-state index in [9.17, 15) is 9.59 Å². The van der Waals surface area contributed by atoms with Crippen LogP contribution < -0.4 is 11.1 Å². The molecule has 0 aliphatic carbocycles. The SMILES string of the molecule is COCC(=O)NCC([NH])=O. The van der Waals surface area contributed by atoms with E-state index >= 15 is 0 Å². The number of amides is 2. The van der Waals surface area contributed by atoms with Gasteiger partial charge >= 0.3 is 0 Å². The smallest absolute Gasteiger partial charge is 0.257 e. The number of methoxy groups -OCH3 is 1. The highest BCUT2D eigenvalue weighted by molar-refractivity contribution is 5.83. The molecule has 0 aromatic heterocycles. The molecule has 0 aliphatic heterocycles. The van der Waals surface area contributed by atoms with Crippen molar-refractivity contribution < 1.29 is 14.3 Å². The molecule has 0 aliphatic rings. The van der Waals surface area contributed by atoms with Gasteiger partial charge in [0.05, 0.1) is 6.54 Å². The summed E-state index contributed by atoms with van der Waals surface area (Å²) in [5, 5.41) is 2.18. The van der Waals surface area contributed by atoms with E-state index in [0.717, 1.165) is 0 Å². The maximum absolute atomic E-state index is 10.5. The lowest BCUT2D eigenvalue weighted by Gasteiger charge is -1.98. The topological polar surface area (TPSA) is 79.2 Å². The molecule has 0 saturated heterocycles. The van der Waals surface area contributed by atoms with Gasteiger partial charge in [0.2, 0.25) is 5.91 Å². The summed E-state index contributed by atoms with van der Waals surface area (Å²) in [5.74, 6) is -1.20. The highest BCUT2D eigenvalue weighted by Crippen LogP contribution is 1.67.